The first-order valence-corrected chi connectivity index (χ1v) is 11.3. The molecule has 0 saturated carbocycles. The van der Waals surface area contributed by atoms with Crippen molar-refractivity contribution in [1.82, 2.24) is 0 Å². The number of para-hydroxylation sites is 1. The second-order valence-corrected chi connectivity index (χ2v) is 9.36. The zero-order chi connectivity index (χ0) is 19.1. The van der Waals surface area contributed by atoms with Crippen molar-refractivity contribution in [3.63, 3.8) is 0 Å². The van der Waals surface area contributed by atoms with Crippen molar-refractivity contribution in [2.45, 2.75) is 6.42 Å². The first-order chi connectivity index (χ1) is 13.7. The van der Waals surface area contributed by atoms with Crippen molar-refractivity contribution >= 4 is 45.2 Å². The molecule has 0 amide bonds. The lowest BCUT2D eigenvalue weighted by atomic mass is 9.86. The van der Waals surface area contributed by atoms with Gasteiger partial charge in [0, 0.05) is 19.1 Å². The fraction of sp³-hybridized carbons (Fsp3) is 0.0400. The average molecular weight is 586 g/mol. The summed E-state index contributed by atoms with van der Waals surface area (Å²) in [4.78, 5) is 0. The van der Waals surface area contributed by atoms with Gasteiger partial charge in [0.25, 0.3) is 0 Å². The molecular formula is C25H16I2O. The molecule has 1 heterocycles. The van der Waals surface area contributed by atoms with E-state index < -0.39 is 0 Å². The van der Waals surface area contributed by atoms with Gasteiger partial charge in [-0.25, -0.2) is 0 Å². The average Bonchev–Trinajstić information content (AvgIpc) is 2.73. The summed E-state index contributed by atoms with van der Waals surface area (Å²) >= 11 is 4.71. The maximum absolute atomic E-state index is 6.27. The van der Waals surface area contributed by atoms with Crippen LogP contribution in [0.15, 0.2) is 84.9 Å². The number of ether oxygens (including phenoxy) is 1. The number of halogens is 2. The van der Waals surface area contributed by atoms with E-state index in [1.54, 1.807) is 0 Å². The smallest absolute Gasteiger partial charge is 0.131 e. The van der Waals surface area contributed by atoms with E-state index in [0.717, 1.165) is 17.9 Å². The van der Waals surface area contributed by atoms with E-state index in [4.69, 9.17) is 4.74 Å². The maximum atomic E-state index is 6.27. The molecule has 0 aliphatic carbocycles. The lowest BCUT2D eigenvalue weighted by molar-refractivity contribution is 0.460. The molecule has 1 aliphatic rings. The van der Waals surface area contributed by atoms with Crippen LogP contribution >= 0.6 is 45.2 Å². The fourth-order valence-electron chi connectivity index (χ4n) is 3.77. The van der Waals surface area contributed by atoms with Gasteiger partial charge in [0.1, 0.15) is 11.5 Å². The molecule has 0 spiro atoms. The molecule has 0 radical (unpaired) electrons. The highest BCUT2D eigenvalue weighted by molar-refractivity contribution is 14.1. The Kier molecular flexibility index (Phi) is 4.88. The lowest BCUT2D eigenvalue weighted by Crippen LogP contribution is -2.05. The first kappa shape index (κ1) is 18.2. The molecule has 1 nitrogen and oxygen atoms in total. The molecular weight excluding hydrogens is 570 g/mol. The molecule has 136 valence electrons. The Hall–Kier alpha value is -1.86. The minimum atomic E-state index is 0.880. The van der Waals surface area contributed by atoms with Gasteiger partial charge >= 0.3 is 0 Å². The molecule has 0 N–H and O–H groups in total. The van der Waals surface area contributed by atoms with Crippen LogP contribution in [-0.2, 0) is 6.42 Å². The van der Waals surface area contributed by atoms with Gasteiger partial charge in [-0.3, -0.25) is 0 Å². The van der Waals surface area contributed by atoms with Gasteiger partial charge in [-0.15, -0.1) is 0 Å². The second-order valence-electron chi connectivity index (χ2n) is 6.87. The van der Waals surface area contributed by atoms with Crippen molar-refractivity contribution < 1.29 is 4.74 Å². The largest absolute Gasteiger partial charge is 0.457 e. The van der Waals surface area contributed by atoms with Crippen LogP contribution in [0.4, 0.5) is 0 Å². The summed E-state index contributed by atoms with van der Waals surface area (Å²) < 4.78 is 8.75. The summed E-state index contributed by atoms with van der Waals surface area (Å²) in [5.74, 6) is 1.92. The molecule has 28 heavy (non-hydrogen) atoms. The molecule has 0 bridgehead atoms. The molecule has 1 aliphatic heterocycles. The highest BCUT2D eigenvalue weighted by Gasteiger charge is 2.23. The van der Waals surface area contributed by atoms with Crippen molar-refractivity contribution in [1.29, 1.82) is 0 Å². The Balaban J connectivity index is 1.75. The zero-order valence-electron chi connectivity index (χ0n) is 15.0. The van der Waals surface area contributed by atoms with Crippen LogP contribution in [0.25, 0.3) is 22.3 Å². The van der Waals surface area contributed by atoms with E-state index in [1.807, 2.05) is 6.07 Å². The van der Waals surface area contributed by atoms with E-state index >= 15 is 0 Å². The number of hydrogen-bond acceptors (Lipinski definition) is 1. The van der Waals surface area contributed by atoms with Crippen LogP contribution in [0, 0.1) is 7.14 Å². The lowest BCUT2D eigenvalue weighted by Gasteiger charge is -2.25. The molecule has 0 atom stereocenters. The van der Waals surface area contributed by atoms with Crippen molar-refractivity contribution in [2.24, 2.45) is 0 Å². The van der Waals surface area contributed by atoms with Gasteiger partial charge in [0.05, 0.1) is 0 Å². The van der Waals surface area contributed by atoms with Crippen LogP contribution in [0.5, 0.6) is 11.5 Å². The topological polar surface area (TPSA) is 9.23 Å². The van der Waals surface area contributed by atoms with Crippen LogP contribution < -0.4 is 4.74 Å². The van der Waals surface area contributed by atoms with E-state index in [2.05, 4.69) is 124 Å². The molecule has 3 heteroatoms. The normalized spacial score (nSPS) is 12.1. The van der Waals surface area contributed by atoms with Gasteiger partial charge in [0.15, 0.2) is 0 Å². The van der Waals surface area contributed by atoms with Gasteiger partial charge < -0.3 is 4.74 Å². The van der Waals surface area contributed by atoms with Crippen LogP contribution in [-0.4, -0.2) is 0 Å². The number of fused-ring (bicyclic) bond motifs is 2. The van der Waals surface area contributed by atoms with Crippen molar-refractivity contribution in [2.75, 3.05) is 0 Å². The monoisotopic (exact) mass is 586 g/mol. The fourth-order valence-corrected chi connectivity index (χ4v) is 4.49. The third-order valence-corrected chi connectivity index (χ3v) is 6.56. The molecule has 0 saturated heterocycles. The molecule has 5 rings (SSSR count). The van der Waals surface area contributed by atoms with Gasteiger partial charge in [-0.2, -0.15) is 0 Å². The molecule has 4 aromatic rings. The third-order valence-electron chi connectivity index (χ3n) is 5.12. The summed E-state index contributed by atoms with van der Waals surface area (Å²) in [5.41, 5.74) is 7.48. The standard InChI is InChI=1S/C25H16I2O/c26-19-9-5-16(6-10-19)21-13-14-24-22(15-18-3-1-2-4-23(18)28-24)25(21)17-7-11-20(27)12-8-17/h1-14H,15H2. The number of hydrogen-bond donors (Lipinski definition) is 0. The zero-order valence-corrected chi connectivity index (χ0v) is 19.3. The number of benzene rings is 4. The predicted molar refractivity (Wildman–Crippen MR) is 132 cm³/mol. The third kappa shape index (κ3) is 3.35. The minimum Gasteiger partial charge on any atom is -0.457 e. The Morgan fingerprint density at radius 3 is 1.96 bits per heavy atom. The summed E-state index contributed by atoms with van der Waals surface area (Å²) in [6.07, 6.45) is 0.880. The van der Waals surface area contributed by atoms with E-state index in [1.165, 1.54) is 40.5 Å². The summed E-state index contributed by atoms with van der Waals surface area (Å²) in [6, 6.07) is 30.2. The van der Waals surface area contributed by atoms with E-state index in [-0.39, 0.29) is 0 Å². The Labute approximate surface area is 192 Å². The Bertz CT molecular complexity index is 1160. The van der Waals surface area contributed by atoms with Crippen LogP contribution in [0.1, 0.15) is 11.1 Å². The van der Waals surface area contributed by atoms with Crippen LogP contribution in [0.2, 0.25) is 0 Å². The number of rotatable bonds is 2. The summed E-state index contributed by atoms with van der Waals surface area (Å²) in [5, 5.41) is 0. The molecule has 4 aromatic carbocycles. The minimum absolute atomic E-state index is 0.880. The van der Waals surface area contributed by atoms with Gasteiger partial charge in [-0.05, 0) is 109 Å². The molecule has 0 fully saturated rings. The Morgan fingerprint density at radius 1 is 0.607 bits per heavy atom. The Morgan fingerprint density at radius 2 is 1.25 bits per heavy atom. The quantitative estimate of drug-likeness (QED) is 0.191. The molecule has 0 aromatic heterocycles. The second kappa shape index (κ2) is 7.52. The maximum Gasteiger partial charge on any atom is 0.131 e. The van der Waals surface area contributed by atoms with Crippen LogP contribution in [0.3, 0.4) is 0 Å². The summed E-state index contributed by atoms with van der Waals surface area (Å²) in [7, 11) is 0. The predicted octanol–water partition coefficient (Wildman–Crippen LogP) is 7.93. The van der Waals surface area contributed by atoms with Crippen molar-refractivity contribution in [3.8, 4) is 33.8 Å². The summed E-state index contributed by atoms with van der Waals surface area (Å²) in [6.45, 7) is 0. The van der Waals surface area contributed by atoms with E-state index in [9.17, 15) is 0 Å². The SMILES string of the molecule is Ic1ccc(-c2ccc3c(c2-c2ccc(I)cc2)Cc2ccccc2O3)cc1. The molecule has 0 unspecified atom stereocenters. The first-order valence-electron chi connectivity index (χ1n) is 9.12. The highest BCUT2D eigenvalue weighted by atomic mass is 127. The highest BCUT2D eigenvalue weighted by Crippen LogP contribution is 2.45. The van der Waals surface area contributed by atoms with Gasteiger partial charge in [-0.1, -0.05) is 48.5 Å². The van der Waals surface area contributed by atoms with Crippen molar-refractivity contribution in [3.05, 3.63) is 103 Å². The van der Waals surface area contributed by atoms with E-state index in [0.29, 0.717) is 0 Å². The van der Waals surface area contributed by atoms with Gasteiger partial charge in [0.2, 0.25) is 0 Å².